The van der Waals surface area contributed by atoms with Gasteiger partial charge in [-0.15, -0.1) is 0 Å². The lowest BCUT2D eigenvalue weighted by Gasteiger charge is -2.13. The summed E-state index contributed by atoms with van der Waals surface area (Å²) in [7, 11) is 0. The summed E-state index contributed by atoms with van der Waals surface area (Å²) in [6.07, 6.45) is 3.63. The molecule has 1 amide bonds. The summed E-state index contributed by atoms with van der Waals surface area (Å²) in [4.78, 5) is 20.0. The van der Waals surface area contributed by atoms with E-state index < -0.39 is 11.9 Å². The van der Waals surface area contributed by atoms with Crippen LogP contribution in [-0.2, 0) is 16.1 Å². The van der Waals surface area contributed by atoms with E-state index in [0.29, 0.717) is 31.2 Å². The van der Waals surface area contributed by atoms with E-state index in [1.54, 1.807) is 0 Å². The topological polar surface area (TPSA) is 114 Å². The summed E-state index contributed by atoms with van der Waals surface area (Å²) in [6, 6.07) is 1.83. The van der Waals surface area contributed by atoms with Crippen molar-refractivity contribution in [2.24, 2.45) is 0 Å². The van der Waals surface area contributed by atoms with E-state index in [2.05, 4.69) is 30.8 Å². The molecule has 27 heavy (non-hydrogen) atoms. The van der Waals surface area contributed by atoms with Crippen LogP contribution in [0.2, 0.25) is 0 Å². The van der Waals surface area contributed by atoms with Gasteiger partial charge in [0.2, 0.25) is 0 Å². The van der Waals surface area contributed by atoms with Gasteiger partial charge in [0.05, 0.1) is 6.20 Å². The summed E-state index contributed by atoms with van der Waals surface area (Å²) in [5.41, 5.74) is 0.920. The van der Waals surface area contributed by atoms with Crippen molar-refractivity contribution in [1.82, 2.24) is 25.5 Å². The molecule has 0 spiro atoms. The van der Waals surface area contributed by atoms with Crippen molar-refractivity contribution in [3.63, 3.8) is 0 Å². The van der Waals surface area contributed by atoms with Gasteiger partial charge in [0.1, 0.15) is 12.7 Å². The summed E-state index contributed by atoms with van der Waals surface area (Å²) < 4.78 is 25.0. The second-order valence-electron chi connectivity index (χ2n) is 6.69. The summed E-state index contributed by atoms with van der Waals surface area (Å²) in [6.45, 7) is 1.02. The van der Waals surface area contributed by atoms with Crippen molar-refractivity contribution in [3.05, 3.63) is 29.6 Å². The second-order valence-corrected chi connectivity index (χ2v) is 6.69. The molecule has 9 nitrogen and oxygen atoms in total. The Morgan fingerprint density at radius 2 is 2.22 bits per heavy atom. The number of halogens is 1. The van der Waals surface area contributed by atoms with Gasteiger partial charge in [0, 0.05) is 30.8 Å². The molecule has 0 radical (unpaired) electrons. The van der Waals surface area contributed by atoms with Gasteiger partial charge >= 0.3 is 6.09 Å². The highest BCUT2D eigenvalue weighted by Crippen LogP contribution is 2.36. The molecule has 144 valence electrons. The number of alkyl carbamates (subject to hydrolysis) is 1. The highest BCUT2D eigenvalue weighted by atomic mass is 19.1. The highest BCUT2D eigenvalue weighted by Gasteiger charge is 2.30. The third-order valence-corrected chi connectivity index (χ3v) is 4.70. The molecular formula is C17H21FN6O3. The quantitative estimate of drug-likeness (QED) is 0.647. The van der Waals surface area contributed by atoms with Crippen LogP contribution >= 0.6 is 0 Å². The summed E-state index contributed by atoms with van der Waals surface area (Å²) in [5.74, 6) is 0.542. The average molecular weight is 376 g/mol. The van der Waals surface area contributed by atoms with Crippen LogP contribution in [0.3, 0.4) is 0 Å². The zero-order valence-electron chi connectivity index (χ0n) is 14.7. The van der Waals surface area contributed by atoms with Gasteiger partial charge in [-0.05, 0) is 25.7 Å². The van der Waals surface area contributed by atoms with Gasteiger partial charge in [-0.3, -0.25) is 5.10 Å². The molecular weight excluding hydrogens is 355 g/mol. The molecule has 10 heteroatoms. The third-order valence-electron chi connectivity index (χ3n) is 4.70. The number of ether oxygens (including phenoxy) is 2. The van der Waals surface area contributed by atoms with Crippen LogP contribution in [0.15, 0.2) is 12.3 Å². The average Bonchev–Trinajstić information content (AvgIpc) is 3.29. The maximum atomic E-state index is 14.0. The smallest absolute Gasteiger partial charge is 0.407 e. The lowest BCUT2D eigenvalue weighted by atomic mass is 10.0. The Labute approximate surface area is 155 Å². The predicted molar refractivity (Wildman–Crippen MR) is 93.0 cm³/mol. The van der Waals surface area contributed by atoms with E-state index in [0.717, 1.165) is 31.2 Å². The Hall–Kier alpha value is -2.75. The van der Waals surface area contributed by atoms with E-state index in [4.69, 9.17) is 9.47 Å². The van der Waals surface area contributed by atoms with Crippen LogP contribution in [0.25, 0.3) is 0 Å². The fourth-order valence-corrected chi connectivity index (χ4v) is 3.34. The Morgan fingerprint density at radius 3 is 3.15 bits per heavy atom. The molecule has 1 fully saturated rings. The number of nitrogens with one attached hydrogen (secondary N) is 3. The molecule has 2 aromatic heterocycles. The van der Waals surface area contributed by atoms with Crippen LogP contribution in [0, 0.1) is 5.82 Å². The largest absolute Gasteiger partial charge is 0.446 e. The summed E-state index contributed by atoms with van der Waals surface area (Å²) in [5, 5.41) is 12.8. The standard InChI is InChI=1S/C17H21FN6O3/c18-12-8-20-15-9-26-5-1-4-19-17(25)27-11-3-2-10(6-11)13-7-14(24-23-13)21-16(12)22-15/h7-8,10-11H,1-6,9H2,(H,19,25)(H2,20,21,22,23,24)/t10?,11-/m1/s1. The molecule has 1 aliphatic heterocycles. The normalized spacial score (nSPS) is 23.5. The van der Waals surface area contributed by atoms with Gasteiger partial charge in [-0.25, -0.2) is 19.2 Å². The Bertz CT molecular complexity index is 814. The minimum atomic E-state index is -0.560. The van der Waals surface area contributed by atoms with Crippen LogP contribution in [0.1, 0.15) is 43.1 Å². The molecule has 1 unspecified atom stereocenters. The minimum Gasteiger partial charge on any atom is -0.446 e. The predicted octanol–water partition coefficient (Wildman–Crippen LogP) is 2.37. The number of carbonyl (C=O) groups excluding carboxylic acids is 1. The van der Waals surface area contributed by atoms with Gasteiger partial charge in [0.15, 0.2) is 23.3 Å². The van der Waals surface area contributed by atoms with Crippen LogP contribution < -0.4 is 10.6 Å². The van der Waals surface area contributed by atoms with Crippen LogP contribution in [0.4, 0.5) is 20.8 Å². The number of H-pyrrole nitrogens is 1. The van der Waals surface area contributed by atoms with Crippen molar-refractivity contribution >= 4 is 17.7 Å². The van der Waals surface area contributed by atoms with Crippen LogP contribution in [0.5, 0.6) is 0 Å². The lowest BCUT2D eigenvalue weighted by Crippen LogP contribution is -2.29. The fourth-order valence-electron chi connectivity index (χ4n) is 3.34. The van der Waals surface area contributed by atoms with Crippen molar-refractivity contribution in [1.29, 1.82) is 0 Å². The first kappa shape index (κ1) is 17.7. The first-order valence-electron chi connectivity index (χ1n) is 9.03. The first-order chi connectivity index (χ1) is 13.2. The van der Waals surface area contributed by atoms with Gasteiger partial charge in [-0.1, -0.05) is 0 Å². The molecule has 2 aliphatic rings. The first-order valence-corrected chi connectivity index (χ1v) is 9.03. The number of anilines is 2. The molecule has 2 atom stereocenters. The fraction of sp³-hybridized carbons (Fsp3) is 0.529. The SMILES string of the molecule is O=C1NCCCOCc2ncc(F)c(n2)Nc2cc([nH]n2)C2CC[C@H](C2)O1. The number of hydrogen-bond acceptors (Lipinski definition) is 7. The molecule has 1 aliphatic carbocycles. The van der Waals surface area contributed by atoms with Gasteiger partial charge in [-0.2, -0.15) is 5.10 Å². The van der Waals surface area contributed by atoms with E-state index in [9.17, 15) is 9.18 Å². The maximum absolute atomic E-state index is 14.0. The number of aromatic amines is 1. The number of amides is 1. The number of hydrogen-bond donors (Lipinski definition) is 3. The van der Waals surface area contributed by atoms with Crippen molar-refractivity contribution < 1.29 is 18.7 Å². The van der Waals surface area contributed by atoms with Crippen molar-refractivity contribution in [2.45, 2.75) is 44.3 Å². The lowest BCUT2D eigenvalue weighted by molar-refractivity contribution is 0.0951. The monoisotopic (exact) mass is 376 g/mol. The molecule has 2 aromatic rings. The zero-order chi connectivity index (χ0) is 18.6. The molecule has 1 saturated carbocycles. The number of aromatic nitrogens is 4. The third kappa shape index (κ3) is 4.33. The zero-order valence-corrected chi connectivity index (χ0v) is 14.7. The molecule has 3 N–H and O–H groups in total. The molecule has 0 saturated heterocycles. The van der Waals surface area contributed by atoms with E-state index in [-0.39, 0.29) is 24.4 Å². The number of carbonyl (C=O) groups is 1. The van der Waals surface area contributed by atoms with Crippen molar-refractivity contribution in [2.75, 3.05) is 18.5 Å². The Balaban J connectivity index is 1.54. The van der Waals surface area contributed by atoms with E-state index in [1.165, 1.54) is 0 Å². The molecule has 3 heterocycles. The number of nitrogens with zero attached hydrogens (tertiary/aromatic N) is 3. The Morgan fingerprint density at radius 1 is 1.30 bits per heavy atom. The molecule has 4 rings (SSSR count). The van der Waals surface area contributed by atoms with E-state index in [1.807, 2.05) is 6.07 Å². The van der Waals surface area contributed by atoms with Crippen molar-refractivity contribution in [3.8, 4) is 0 Å². The van der Waals surface area contributed by atoms with E-state index >= 15 is 0 Å². The summed E-state index contributed by atoms with van der Waals surface area (Å²) >= 11 is 0. The van der Waals surface area contributed by atoms with Gasteiger partial charge in [0.25, 0.3) is 0 Å². The second kappa shape index (κ2) is 7.87. The van der Waals surface area contributed by atoms with Crippen LogP contribution in [-0.4, -0.2) is 45.5 Å². The maximum Gasteiger partial charge on any atom is 0.407 e. The molecule has 6 bridgehead atoms. The molecule has 0 aromatic carbocycles. The highest BCUT2D eigenvalue weighted by molar-refractivity contribution is 5.67. The van der Waals surface area contributed by atoms with Gasteiger partial charge < -0.3 is 20.1 Å². The number of fused-ring (bicyclic) bond motifs is 7. The Kier molecular flexibility index (Phi) is 5.14. The minimum absolute atomic E-state index is 0.0580. The number of rotatable bonds is 0.